The van der Waals surface area contributed by atoms with Crippen LogP contribution in [0.4, 0.5) is 0 Å². The molecule has 2 aromatic rings. The van der Waals surface area contributed by atoms with Crippen molar-refractivity contribution in [3.8, 4) is 23.0 Å². The maximum absolute atomic E-state index is 12.2. The molecule has 2 amide bonds. The minimum Gasteiger partial charge on any atom is -0.493 e. The lowest BCUT2D eigenvalue weighted by Gasteiger charge is -2.11. The molecule has 0 fully saturated rings. The summed E-state index contributed by atoms with van der Waals surface area (Å²) in [6.45, 7) is 0.417. The highest BCUT2D eigenvalue weighted by atomic mass is 16.5. The number of carbonyl (C=O) groups is 2. The van der Waals surface area contributed by atoms with Crippen molar-refractivity contribution in [2.45, 2.75) is 0 Å². The molecule has 28 heavy (non-hydrogen) atoms. The van der Waals surface area contributed by atoms with E-state index in [1.807, 2.05) is 12.1 Å². The van der Waals surface area contributed by atoms with E-state index in [4.69, 9.17) is 18.9 Å². The first-order valence-corrected chi connectivity index (χ1v) is 8.61. The molecule has 2 aromatic carbocycles. The molecular formula is C20H24N2O6. The van der Waals surface area contributed by atoms with Gasteiger partial charge in [-0.15, -0.1) is 0 Å². The zero-order chi connectivity index (χ0) is 20.4. The molecule has 0 aliphatic heterocycles. The van der Waals surface area contributed by atoms with E-state index in [1.54, 1.807) is 37.4 Å². The Labute approximate surface area is 163 Å². The lowest BCUT2D eigenvalue weighted by Crippen LogP contribution is -2.38. The van der Waals surface area contributed by atoms with Crippen LogP contribution in [0, 0.1) is 0 Å². The third-order valence-corrected chi connectivity index (χ3v) is 3.81. The molecule has 0 saturated heterocycles. The standard InChI is InChI=1S/C20H24N2O6/c1-25-15-6-4-5-7-17(15)28-11-10-21-19(23)13-22-20(24)14-8-9-16(26-2)18(12-14)27-3/h4-9,12H,10-11,13H2,1-3H3,(H,21,23)(H,22,24). The molecule has 0 aliphatic carbocycles. The molecule has 2 rings (SSSR count). The molecule has 0 saturated carbocycles. The summed E-state index contributed by atoms with van der Waals surface area (Å²) in [5.41, 5.74) is 0.366. The molecule has 0 heterocycles. The molecule has 0 unspecified atom stereocenters. The minimum absolute atomic E-state index is 0.151. The van der Waals surface area contributed by atoms with Crippen molar-refractivity contribution < 1.29 is 28.5 Å². The van der Waals surface area contributed by atoms with Gasteiger partial charge in [0.15, 0.2) is 23.0 Å². The summed E-state index contributed by atoms with van der Waals surface area (Å²) in [6.07, 6.45) is 0. The molecule has 0 aromatic heterocycles. The van der Waals surface area contributed by atoms with Gasteiger partial charge in [-0.1, -0.05) is 12.1 Å². The van der Waals surface area contributed by atoms with Crippen LogP contribution in [-0.2, 0) is 4.79 Å². The number of benzene rings is 2. The van der Waals surface area contributed by atoms with Crippen LogP contribution in [0.5, 0.6) is 23.0 Å². The first-order chi connectivity index (χ1) is 13.6. The van der Waals surface area contributed by atoms with E-state index in [-0.39, 0.29) is 25.0 Å². The number of para-hydroxylation sites is 2. The van der Waals surface area contributed by atoms with Gasteiger partial charge < -0.3 is 29.6 Å². The Kier molecular flexibility index (Phi) is 7.95. The van der Waals surface area contributed by atoms with Crippen LogP contribution in [-0.4, -0.2) is 52.8 Å². The van der Waals surface area contributed by atoms with Gasteiger partial charge in [0.2, 0.25) is 5.91 Å². The molecule has 0 bridgehead atoms. The van der Waals surface area contributed by atoms with Crippen molar-refractivity contribution >= 4 is 11.8 Å². The number of amides is 2. The summed E-state index contributed by atoms with van der Waals surface area (Å²) in [4.78, 5) is 24.1. The van der Waals surface area contributed by atoms with Crippen LogP contribution < -0.4 is 29.6 Å². The first kappa shape index (κ1) is 20.9. The number of methoxy groups -OCH3 is 3. The van der Waals surface area contributed by atoms with Crippen molar-refractivity contribution in [1.82, 2.24) is 10.6 Å². The normalized spacial score (nSPS) is 9.96. The van der Waals surface area contributed by atoms with E-state index in [0.29, 0.717) is 35.1 Å². The highest BCUT2D eigenvalue weighted by Gasteiger charge is 2.12. The van der Waals surface area contributed by atoms with Crippen molar-refractivity contribution in [3.05, 3.63) is 48.0 Å². The fourth-order valence-corrected chi connectivity index (χ4v) is 2.39. The topological polar surface area (TPSA) is 95.1 Å². The monoisotopic (exact) mass is 388 g/mol. The molecular weight excluding hydrogens is 364 g/mol. The predicted molar refractivity (Wildman–Crippen MR) is 103 cm³/mol. The molecule has 2 N–H and O–H groups in total. The summed E-state index contributed by atoms with van der Waals surface area (Å²) in [7, 11) is 4.56. The SMILES string of the molecule is COc1ccc(C(=O)NCC(=O)NCCOc2ccccc2OC)cc1OC. The largest absolute Gasteiger partial charge is 0.493 e. The van der Waals surface area contributed by atoms with Crippen molar-refractivity contribution in [2.75, 3.05) is 41.0 Å². The van der Waals surface area contributed by atoms with Crippen LogP contribution in [0.1, 0.15) is 10.4 Å². The van der Waals surface area contributed by atoms with Gasteiger partial charge in [0.05, 0.1) is 34.4 Å². The Morgan fingerprint density at radius 1 is 0.821 bits per heavy atom. The zero-order valence-electron chi connectivity index (χ0n) is 16.1. The second kappa shape index (κ2) is 10.7. The lowest BCUT2D eigenvalue weighted by molar-refractivity contribution is -0.120. The third kappa shape index (κ3) is 5.80. The Balaban J connectivity index is 1.74. The summed E-state index contributed by atoms with van der Waals surface area (Å²) >= 11 is 0. The highest BCUT2D eigenvalue weighted by Crippen LogP contribution is 2.27. The number of rotatable bonds is 10. The first-order valence-electron chi connectivity index (χ1n) is 8.61. The van der Waals surface area contributed by atoms with Gasteiger partial charge in [-0.3, -0.25) is 9.59 Å². The maximum Gasteiger partial charge on any atom is 0.251 e. The maximum atomic E-state index is 12.2. The molecule has 0 radical (unpaired) electrons. The van der Waals surface area contributed by atoms with Gasteiger partial charge in [-0.25, -0.2) is 0 Å². The van der Waals surface area contributed by atoms with Crippen LogP contribution in [0.25, 0.3) is 0 Å². The molecule has 0 spiro atoms. The van der Waals surface area contributed by atoms with E-state index in [9.17, 15) is 9.59 Å². The fraction of sp³-hybridized carbons (Fsp3) is 0.300. The fourth-order valence-electron chi connectivity index (χ4n) is 2.39. The predicted octanol–water partition coefficient (Wildman–Crippen LogP) is 1.64. The van der Waals surface area contributed by atoms with Crippen LogP contribution in [0.2, 0.25) is 0 Å². The van der Waals surface area contributed by atoms with Gasteiger partial charge in [0.25, 0.3) is 5.91 Å². The average molecular weight is 388 g/mol. The molecule has 0 aliphatic rings. The molecule has 150 valence electrons. The Bertz CT molecular complexity index is 809. The smallest absolute Gasteiger partial charge is 0.251 e. The molecule has 8 nitrogen and oxygen atoms in total. The van der Waals surface area contributed by atoms with E-state index in [0.717, 1.165) is 0 Å². The van der Waals surface area contributed by atoms with Crippen LogP contribution >= 0.6 is 0 Å². The van der Waals surface area contributed by atoms with E-state index in [2.05, 4.69) is 10.6 Å². The summed E-state index contributed by atoms with van der Waals surface area (Å²) in [5, 5.41) is 5.23. The minimum atomic E-state index is -0.388. The molecule has 8 heteroatoms. The number of hydrogen-bond acceptors (Lipinski definition) is 6. The second-order valence-corrected chi connectivity index (χ2v) is 5.60. The van der Waals surface area contributed by atoms with Gasteiger partial charge in [-0.2, -0.15) is 0 Å². The molecule has 0 atom stereocenters. The second-order valence-electron chi connectivity index (χ2n) is 5.60. The van der Waals surface area contributed by atoms with Crippen molar-refractivity contribution in [1.29, 1.82) is 0 Å². The summed E-state index contributed by atoms with van der Waals surface area (Å²) < 4.78 is 21.0. The average Bonchev–Trinajstić information content (AvgIpc) is 2.74. The zero-order valence-corrected chi connectivity index (χ0v) is 16.1. The number of hydrogen-bond donors (Lipinski definition) is 2. The quantitative estimate of drug-likeness (QED) is 0.601. The van der Waals surface area contributed by atoms with Crippen molar-refractivity contribution in [3.63, 3.8) is 0 Å². The van der Waals surface area contributed by atoms with Crippen molar-refractivity contribution in [2.24, 2.45) is 0 Å². The van der Waals surface area contributed by atoms with Crippen LogP contribution in [0.3, 0.4) is 0 Å². The van der Waals surface area contributed by atoms with Crippen LogP contribution in [0.15, 0.2) is 42.5 Å². The van der Waals surface area contributed by atoms with E-state index < -0.39 is 0 Å². The van der Waals surface area contributed by atoms with Gasteiger partial charge in [-0.05, 0) is 30.3 Å². The third-order valence-electron chi connectivity index (χ3n) is 3.81. The van der Waals surface area contributed by atoms with E-state index >= 15 is 0 Å². The number of nitrogens with one attached hydrogen (secondary N) is 2. The number of carbonyl (C=O) groups excluding carboxylic acids is 2. The van der Waals surface area contributed by atoms with E-state index in [1.165, 1.54) is 14.2 Å². The summed E-state index contributed by atoms with van der Waals surface area (Å²) in [6, 6.07) is 12.0. The lowest BCUT2D eigenvalue weighted by atomic mass is 10.2. The van der Waals surface area contributed by atoms with Gasteiger partial charge in [0, 0.05) is 5.56 Å². The van der Waals surface area contributed by atoms with Gasteiger partial charge in [0.1, 0.15) is 6.61 Å². The number of ether oxygens (including phenoxy) is 4. The Hall–Kier alpha value is -3.42. The Morgan fingerprint density at radius 2 is 1.46 bits per heavy atom. The van der Waals surface area contributed by atoms with Gasteiger partial charge >= 0.3 is 0 Å². The highest BCUT2D eigenvalue weighted by molar-refractivity contribution is 5.97. The summed E-state index contributed by atoms with van der Waals surface area (Å²) in [5.74, 6) is 1.47. The Morgan fingerprint density at radius 3 is 2.14 bits per heavy atom.